The lowest BCUT2D eigenvalue weighted by atomic mass is 10.1. The second-order valence-electron chi connectivity index (χ2n) is 5.12. The Kier molecular flexibility index (Phi) is 4.97. The number of aromatic amines is 1. The molecule has 1 aliphatic heterocycles. The summed E-state index contributed by atoms with van der Waals surface area (Å²) < 4.78 is 21.4. The first-order valence-corrected chi connectivity index (χ1v) is 8.05. The van der Waals surface area contributed by atoms with Crippen molar-refractivity contribution >= 4 is 7.82 Å². The number of phosphoric acid groups is 1. The molecular weight excluding hydrogens is 349 g/mol. The lowest BCUT2D eigenvalue weighted by molar-refractivity contribution is -0.0784. The highest BCUT2D eigenvalue weighted by molar-refractivity contribution is 7.46. The normalized spacial score (nSPS) is 27.0. The third-order valence-corrected chi connectivity index (χ3v) is 3.87. The zero-order valence-electron chi connectivity index (χ0n) is 12.3. The number of phosphoric ester groups is 1. The van der Waals surface area contributed by atoms with Gasteiger partial charge in [-0.25, -0.2) is 9.36 Å². The van der Waals surface area contributed by atoms with Crippen molar-refractivity contribution in [3.63, 3.8) is 0 Å². The highest BCUT2D eigenvalue weighted by Gasteiger charge is 2.49. The first-order chi connectivity index (χ1) is 11.1. The molecule has 3 atom stereocenters. The van der Waals surface area contributed by atoms with Crippen LogP contribution in [0.3, 0.4) is 0 Å². The van der Waals surface area contributed by atoms with E-state index in [1.54, 1.807) is 0 Å². The molecule has 1 aliphatic rings. The van der Waals surface area contributed by atoms with Gasteiger partial charge in [-0.15, -0.1) is 0 Å². The number of nitrogens with zero attached hydrogens (tertiary/aromatic N) is 4. The van der Waals surface area contributed by atoms with Crippen molar-refractivity contribution in [2.24, 2.45) is 5.11 Å². The number of nitrogens with one attached hydrogen (secondary N) is 1. The number of ether oxygens (including phenoxy) is 1. The summed E-state index contributed by atoms with van der Waals surface area (Å²) in [7, 11) is -4.85. The van der Waals surface area contributed by atoms with E-state index in [1.807, 2.05) is 4.98 Å². The van der Waals surface area contributed by atoms with E-state index in [0.29, 0.717) is 0 Å². The minimum absolute atomic E-state index is 0.195. The molecule has 4 N–H and O–H groups in total. The number of aliphatic hydroxyl groups is 1. The van der Waals surface area contributed by atoms with E-state index < -0.39 is 50.2 Å². The van der Waals surface area contributed by atoms with Gasteiger partial charge in [0.2, 0.25) is 0 Å². The van der Waals surface area contributed by atoms with Crippen molar-refractivity contribution in [2.45, 2.75) is 31.4 Å². The van der Waals surface area contributed by atoms with Crippen LogP contribution < -0.4 is 11.2 Å². The summed E-state index contributed by atoms with van der Waals surface area (Å²) in [6.07, 6.45) is -1.79. The van der Waals surface area contributed by atoms with Crippen molar-refractivity contribution in [1.82, 2.24) is 9.55 Å². The van der Waals surface area contributed by atoms with Gasteiger partial charge in [0.15, 0.2) is 5.72 Å². The van der Waals surface area contributed by atoms with E-state index in [4.69, 9.17) is 20.1 Å². The molecule has 0 unspecified atom stereocenters. The molecule has 1 saturated heterocycles. The third kappa shape index (κ3) is 3.91. The summed E-state index contributed by atoms with van der Waals surface area (Å²) in [6, 6.07) is 0. The average molecular weight is 363 g/mol. The van der Waals surface area contributed by atoms with E-state index in [0.717, 1.165) is 4.57 Å². The number of rotatable bonds is 5. The monoisotopic (exact) mass is 363 g/mol. The molecule has 1 aromatic rings. The van der Waals surface area contributed by atoms with E-state index in [2.05, 4.69) is 14.5 Å². The van der Waals surface area contributed by atoms with Crippen molar-refractivity contribution in [2.75, 3.05) is 6.61 Å². The Bertz CT molecular complexity index is 838. The van der Waals surface area contributed by atoms with Gasteiger partial charge in [0.1, 0.15) is 12.3 Å². The minimum Gasteiger partial charge on any atom is -0.381 e. The molecule has 0 spiro atoms. The van der Waals surface area contributed by atoms with Crippen LogP contribution in [-0.4, -0.2) is 42.9 Å². The molecule has 1 aromatic heterocycles. The quantitative estimate of drug-likeness (QED) is 0.226. The van der Waals surface area contributed by atoms with Gasteiger partial charge in [-0.3, -0.25) is 18.9 Å². The second-order valence-corrected chi connectivity index (χ2v) is 6.36. The van der Waals surface area contributed by atoms with Crippen LogP contribution >= 0.6 is 7.82 Å². The number of aromatic nitrogens is 2. The smallest absolute Gasteiger partial charge is 0.381 e. The molecule has 0 aromatic carbocycles. The molecule has 0 amide bonds. The van der Waals surface area contributed by atoms with Gasteiger partial charge in [0.25, 0.3) is 5.56 Å². The molecule has 1 fully saturated rings. The third-order valence-electron chi connectivity index (χ3n) is 3.38. The van der Waals surface area contributed by atoms with Gasteiger partial charge in [0.05, 0.1) is 6.61 Å². The van der Waals surface area contributed by atoms with Crippen LogP contribution in [0.15, 0.2) is 20.9 Å². The maximum absolute atomic E-state index is 11.9. The lowest BCUT2D eigenvalue weighted by Gasteiger charge is -2.22. The second kappa shape index (κ2) is 6.49. The molecule has 0 saturated carbocycles. The molecule has 14 heteroatoms. The summed E-state index contributed by atoms with van der Waals surface area (Å²) >= 11 is 0. The van der Waals surface area contributed by atoms with Crippen molar-refractivity contribution in [3.05, 3.63) is 43.0 Å². The zero-order chi connectivity index (χ0) is 18.1. The van der Waals surface area contributed by atoms with Crippen LogP contribution in [0.25, 0.3) is 10.4 Å². The molecule has 132 valence electrons. The largest absolute Gasteiger partial charge is 0.469 e. The van der Waals surface area contributed by atoms with Gasteiger partial charge in [-0.2, -0.15) is 0 Å². The fourth-order valence-electron chi connectivity index (χ4n) is 2.22. The number of hydrogen-bond donors (Lipinski definition) is 4. The zero-order valence-corrected chi connectivity index (χ0v) is 13.2. The Labute approximate surface area is 133 Å². The molecule has 2 rings (SSSR count). The van der Waals surface area contributed by atoms with Gasteiger partial charge in [0, 0.05) is 23.1 Å². The molecule has 2 heterocycles. The Morgan fingerprint density at radius 2 is 2.29 bits per heavy atom. The summed E-state index contributed by atoms with van der Waals surface area (Å²) in [5.74, 6) is 0. The van der Waals surface area contributed by atoms with Crippen molar-refractivity contribution in [1.29, 1.82) is 0 Å². The molecule has 0 aliphatic carbocycles. The lowest BCUT2D eigenvalue weighted by Crippen LogP contribution is -2.38. The number of H-pyrrole nitrogens is 1. The van der Waals surface area contributed by atoms with E-state index in [1.165, 1.54) is 13.1 Å². The van der Waals surface area contributed by atoms with E-state index in [9.17, 15) is 19.3 Å². The minimum atomic E-state index is -4.85. The summed E-state index contributed by atoms with van der Waals surface area (Å²) in [5.41, 5.74) is 5.14. The van der Waals surface area contributed by atoms with Crippen LogP contribution in [-0.2, 0) is 13.8 Å². The molecule has 13 nitrogen and oxygen atoms in total. The van der Waals surface area contributed by atoms with Crippen LogP contribution in [0.1, 0.15) is 18.2 Å². The highest BCUT2D eigenvalue weighted by atomic mass is 31.2. The predicted molar refractivity (Wildman–Crippen MR) is 76.7 cm³/mol. The summed E-state index contributed by atoms with van der Waals surface area (Å²) in [6.45, 7) is 0.658. The van der Waals surface area contributed by atoms with Crippen LogP contribution in [0.2, 0.25) is 0 Å². The first-order valence-electron chi connectivity index (χ1n) is 6.52. The fraction of sp³-hybridized carbons (Fsp3) is 0.600. The average Bonchev–Trinajstić information content (AvgIpc) is 2.77. The number of aryl methyl sites for hydroxylation is 1. The van der Waals surface area contributed by atoms with Crippen molar-refractivity contribution < 1.29 is 28.7 Å². The van der Waals surface area contributed by atoms with Gasteiger partial charge >= 0.3 is 13.5 Å². The van der Waals surface area contributed by atoms with Gasteiger partial charge in [-0.05, 0) is 12.5 Å². The summed E-state index contributed by atoms with van der Waals surface area (Å²) in [5, 5.41) is 13.5. The summed E-state index contributed by atoms with van der Waals surface area (Å²) in [4.78, 5) is 45.2. The van der Waals surface area contributed by atoms with Crippen LogP contribution in [0, 0.1) is 6.92 Å². The topological polar surface area (TPSA) is 200 Å². The highest BCUT2D eigenvalue weighted by Crippen LogP contribution is 2.41. The molecule has 0 bridgehead atoms. The molecule has 24 heavy (non-hydrogen) atoms. The Balaban J connectivity index is 2.34. The van der Waals surface area contributed by atoms with Gasteiger partial charge < -0.3 is 19.6 Å². The number of azide groups is 1. The SMILES string of the molecule is Cc1cn([C@H]2C[C@@](O)(N=[N+]=[N-])[C@@H](COP(=O)(O)O)O2)c(=O)[nH]c1=O. The Morgan fingerprint density at radius 3 is 2.88 bits per heavy atom. The number of hydrogen-bond acceptors (Lipinski definition) is 7. The maximum Gasteiger partial charge on any atom is 0.469 e. The first kappa shape index (κ1) is 18.4. The van der Waals surface area contributed by atoms with Crippen LogP contribution in [0.5, 0.6) is 0 Å². The van der Waals surface area contributed by atoms with Gasteiger partial charge in [-0.1, -0.05) is 5.11 Å². The fourth-order valence-corrected chi connectivity index (χ4v) is 2.55. The maximum atomic E-state index is 11.9. The van der Waals surface area contributed by atoms with Crippen LogP contribution in [0.4, 0.5) is 0 Å². The molecular formula is C10H14N5O8P. The predicted octanol–water partition coefficient (Wildman–Crippen LogP) is -0.759. The Morgan fingerprint density at radius 1 is 1.62 bits per heavy atom. The van der Waals surface area contributed by atoms with E-state index in [-0.39, 0.29) is 5.56 Å². The standard InChI is InChI=1S/C10H14N5O8P/c1-5-3-15(9(17)12-8(5)16)7-2-10(18,13-14-11)6(23-7)4-22-24(19,20)21/h3,6-7,18H,2,4H2,1H3,(H,12,16,17)(H2,19,20,21)/t6-,7-,10+/m1/s1. The molecule has 0 radical (unpaired) electrons. The van der Waals surface area contributed by atoms with Crippen molar-refractivity contribution in [3.8, 4) is 0 Å². The Hall–Kier alpha value is -1.98. The van der Waals surface area contributed by atoms with E-state index >= 15 is 0 Å².